The van der Waals surface area contributed by atoms with Gasteiger partial charge in [-0.3, -0.25) is 0 Å². The lowest BCUT2D eigenvalue weighted by molar-refractivity contribution is 0.624. The minimum absolute atomic E-state index is 0.213. The Labute approximate surface area is 112 Å². The molecule has 0 aliphatic heterocycles. The second kappa shape index (κ2) is 6.45. The molecule has 1 aromatic rings. The van der Waals surface area contributed by atoms with E-state index in [9.17, 15) is 0 Å². The molecule has 1 aliphatic carbocycles. The predicted octanol–water partition coefficient (Wildman–Crippen LogP) is 3.55. The molecule has 5 heteroatoms. The zero-order valence-corrected chi connectivity index (χ0v) is 11.6. The Morgan fingerprint density at radius 2 is 2.12 bits per heavy atom. The Hall–Kier alpha value is -0.480. The van der Waals surface area contributed by atoms with Gasteiger partial charge in [0.25, 0.3) is 0 Å². The van der Waals surface area contributed by atoms with E-state index in [0.717, 1.165) is 23.7 Å². The quantitative estimate of drug-likeness (QED) is 0.395. The van der Waals surface area contributed by atoms with E-state index in [1.54, 1.807) is 18.1 Å². The summed E-state index contributed by atoms with van der Waals surface area (Å²) in [7, 11) is 0. The minimum Gasteiger partial charge on any atom is -0.366 e. The van der Waals surface area contributed by atoms with Gasteiger partial charge in [0, 0.05) is 12.1 Å². The summed E-state index contributed by atoms with van der Waals surface area (Å²) in [6.07, 6.45) is 9.64. The summed E-state index contributed by atoms with van der Waals surface area (Å²) in [4.78, 5) is 8.42. The second-order valence-corrected chi connectivity index (χ2v) is 5.74. The summed E-state index contributed by atoms with van der Waals surface area (Å²) in [5.74, 6) is 0.891. The van der Waals surface area contributed by atoms with Gasteiger partial charge in [-0.1, -0.05) is 19.3 Å². The van der Waals surface area contributed by atoms with E-state index >= 15 is 0 Å². The minimum atomic E-state index is 0.213. The molecule has 1 aliphatic rings. The lowest BCUT2D eigenvalue weighted by atomic mass is 10.1. The molecule has 17 heavy (non-hydrogen) atoms. The van der Waals surface area contributed by atoms with Crippen LogP contribution >= 0.6 is 23.4 Å². The number of aromatic nitrogens is 2. The molecule has 94 valence electrons. The molecule has 1 fully saturated rings. The maximum atomic E-state index is 6.40. The number of thioether (sulfide) groups is 1. The topological polar surface area (TPSA) is 37.8 Å². The molecule has 0 amide bonds. The highest BCUT2D eigenvalue weighted by Crippen LogP contribution is 2.25. The van der Waals surface area contributed by atoms with E-state index in [1.807, 2.05) is 12.3 Å². The van der Waals surface area contributed by atoms with Crippen LogP contribution < -0.4 is 5.32 Å². The van der Waals surface area contributed by atoms with Gasteiger partial charge in [-0.2, -0.15) is 0 Å². The van der Waals surface area contributed by atoms with Crippen LogP contribution in [0.4, 0.5) is 5.82 Å². The van der Waals surface area contributed by atoms with Gasteiger partial charge in [0.2, 0.25) is 0 Å². The first kappa shape index (κ1) is 13.0. The van der Waals surface area contributed by atoms with Gasteiger partial charge < -0.3 is 5.32 Å². The summed E-state index contributed by atoms with van der Waals surface area (Å²) in [5.41, 5.74) is 0. The first-order chi connectivity index (χ1) is 8.29. The van der Waals surface area contributed by atoms with Crippen LogP contribution in [0, 0.1) is 0 Å². The highest BCUT2D eigenvalue weighted by atomic mass is 35.5. The first-order valence-corrected chi connectivity index (χ1v) is 7.72. The molecule has 2 rings (SSSR count). The van der Waals surface area contributed by atoms with Crippen molar-refractivity contribution in [2.75, 3.05) is 11.6 Å². The van der Waals surface area contributed by atoms with Gasteiger partial charge >= 0.3 is 0 Å². The Kier molecular flexibility index (Phi) is 4.92. The monoisotopic (exact) mass is 271 g/mol. The van der Waals surface area contributed by atoms with Gasteiger partial charge in [0.05, 0.1) is 5.38 Å². The third-order valence-electron chi connectivity index (χ3n) is 3.12. The Balaban J connectivity index is 2.02. The van der Waals surface area contributed by atoms with Crippen LogP contribution in [0.2, 0.25) is 0 Å². The van der Waals surface area contributed by atoms with Crippen molar-refractivity contribution in [3.63, 3.8) is 0 Å². The molecule has 3 nitrogen and oxygen atoms in total. The zero-order chi connectivity index (χ0) is 12.1. The number of halogens is 1. The van der Waals surface area contributed by atoms with Crippen molar-refractivity contribution in [1.29, 1.82) is 0 Å². The molecule has 1 N–H and O–H groups in total. The van der Waals surface area contributed by atoms with Gasteiger partial charge in [-0.25, -0.2) is 9.97 Å². The Morgan fingerprint density at radius 3 is 2.94 bits per heavy atom. The highest BCUT2D eigenvalue weighted by molar-refractivity contribution is 7.98. The van der Waals surface area contributed by atoms with Crippen LogP contribution in [0.25, 0.3) is 0 Å². The summed E-state index contributed by atoms with van der Waals surface area (Å²) in [6, 6.07) is 2.32. The summed E-state index contributed by atoms with van der Waals surface area (Å²) in [6.45, 7) is 0. The fourth-order valence-corrected chi connectivity index (χ4v) is 2.87. The maximum Gasteiger partial charge on any atom is 0.130 e. The van der Waals surface area contributed by atoms with Gasteiger partial charge in [-0.05, 0) is 19.1 Å². The third-order valence-corrected chi connectivity index (χ3v) is 4.28. The molecule has 0 radical (unpaired) electrons. The summed E-state index contributed by atoms with van der Waals surface area (Å²) < 4.78 is 0. The molecule has 0 saturated heterocycles. The molecule has 2 atom stereocenters. The second-order valence-electron chi connectivity index (χ2n) is 4.35. The number of rotatable bonds is 3. The normalized spacial score (nSPS) is 25.3. The van der Waals surface area contributed by atoms with Crippen molar-refractivity contribution in [2.45, 2.75) is 48.5 Å². The fourth-order valence-electron chi connectivity index (χ4n) is 2.14. The molecular weight excluding hydrogens is 254 g/mol. The number of nitrogens with zero attached hydrogens (tertiary/aromatic N) is 2. The average Bonchev–Trinajstić information content (AvgIpc) is 2.55. The van der Waals surface area contributed by atoms with Gasteiger partial charge in [0.15, 0.2) is 0 Å². The predicted molar refractivity (Wildman–Crippen MR) is 73.9 cm³/mol. The first-order valence-electron chi connectivity index (χ1n) is 6.06. The van der Waals surface area contributed by atoms with Crippen molar-refractivity contribution in [1.82, 2.24) is 9.97 Å². The smallest absolute Gasteiger partial charge is 0.130 e. The molecule has 2 unspecified atom stereocenters. The number of hydrogen-bond donors (Lipinski definition) is 1. The molecule has 1 heterocycles. The van der Waals surface area contributed by atoms with E-state index < -0.39 is 0 Å². The van der Waals surface area contributed by atoms with E-state index in [1.165, 1.54) is 19.3 Å². The lowest BCUT2D eigenvalue weighted by Crippen LogP contribution is -2.29. The van der Waals surface area contributed by atoms with Gasteiger partial charge in [-0.15, -0.1) is 23.4 Å². The molecule has 1 saturated carbocycles. The van der Waals surface area contributed by atoms with Crippen LogP contribution in [0.3, 0.4) is 0 Å². The highest BCUT2D eigenvalue weighted by Gasteiger charge is 2.21. The van der Waals surface area contributed by atoms with Crippen LogP contribution in [0.5, 0.6) is 0 Å². The SMILES string of the molecule is CSc1cc(NC2CCCCCC2Cl)ncn1. The summed E-state index contributed by atoms with van der Waals surface area (Å²) >= 11 is 8.03. The van der Waals surface area contributed by atoms with E-state index in [2.05, 4.69) is 15.3 Å². The molecular formula is C12H18ClN3S. The molecule has 0 spiro atoms. The van der Waals surface area contributed by atoms with Crippen LogP contribution in [-0.4, -0.2) is 27.6 Å². The number of alkyl halides is 1. The van der Waals surface area contributed by atoms with Crippen molar-refractivity contribution in [2.24, 2.45) is 0 Å². The van der Waals surface area contributed by atoms with Crippen molar-refractivity contribution in [3.8, 4) is 0 Å². The van der Waals surface area contributed by atoms with Crippen molar-refractivity contribution >= 4 is 29.2 Å². The third kappa shape index (κ3) is 3.75. The van der Waals surface area contributed by atoms with E-state index in [0.29, 0.717) is 6.04 Å². The van der Waals surface area contributed by atoms with Crippen LogP contribution in [0.15, 0.2) is 17.4 Å². The van der Waals surface area contributed by atoms with E-state index in [4.69, 9.17) is 11.6 Å². The Bertz CT molecular complexity index is 361. The largest absolute Gasteiger partial charge is 0.366 e. The standard InChI is InChI=1S/C12H18ClN3S/c1-17-12-7-11(14-8-15-12)16-10-6-4-2-3-5-9(10)13/h7-10H,2-6H2,1H3,(H,14,15,16). The van der Waals surface area contributed by atoms with Crippen LogP contribution in [0.1, 0.15) is 32.1 Å². The number of hydrogen-bond acceptors (Lipinski definition) is 4. The molecule has 0 bridgehead atoms. The van der Waals surface area contributed by atoms with Gasteiger partial charge in [0.1, 0.15) is 17.2 Å². The zero-order valence-electron chi connectivity index (χ0n) is 10.0. The lowest BCUT2D eigenvalue weighted by Gasteiger charge is -2.21. The number of nitrogens with one attached hydrogen (secondary N) is 1. The summed E-state index contributed by atoms with van der Waals surface area (Å²) in [5, 5.41) is 4.65. The van der Waals surface area contributed by atoms with Crippen LogP contribution in [-0.2, 0) is 0 Å². The maximum absolute atomic E-state index is 6.40. The molecule has 0 aromatic carbocycles. The fraction of sp³-hybridized carbons (Fsp3) is 0.667. The molecule has 1 aromatic heterocycles. The van der Waals surface area contributed by atoms with E-state index in [-0.39, 0.29) is 5.38 Å². The van der Waals surface area contributed by atoms with Crippen molar-refractivity contribution in [3.05, 3.63) is 12.4 Å². The Morgan fingerprint density at radius 1 is 1.29 bits per heavy atom. The van der Waals surface area contributed by atoms with Crippen molar-refractivity contribution < 1.29 is 0 Å². The number of anilines is 1. The average molecular weight is 272 g/mol.